The van der Waals surface area contributed by atoms with E-state index in [1.165, 1.54) is 43.9 Å². The van der Waals surface area contributed by atoms with Crippen LogP contribution in [0.15, 0.2) is 35.6 Å². The minimum absolute atomic E-state index is 0.0967. The number of rotatable bonds is 11. The van der Waals surface area contributed by atoms with Gasteiger partial charge >= 0.3 is 5.97 Å². The highest BCUT2D eigenvalue weighted by atomic mass is 32.2. The maximum absolute atomic E-state index is 10.8. The predicted octanol–water partition coefficient (Wildman–Crippen LogP) is 4.49. The Bertz CT molecular complexity index is 309. The molecule has 0 radical (unpaired) electrons. The van der Waals surface area contributed by atoms with Crippen LogP contribution in [0.25, 0.3) is 0 Å². The van der Waals surface area contributed by atoms with Crippen molar-refractivity contribution in [3.8, 4) is 0 Å². The first-order chi connectivity index (χ1) is 9.33. The van der Waals surface area contributed by atoms with E-state index in [2.05, 4.69) is 29.5 Å². The Hall–Kier alpha value is -0.960. The summed E-state index contributed by atoms with van der Waals surface area (Å²) in [5.41, 5.74) is 0. The van der Waals surface area contributed by atoms with Gasteiger partial charge in [-0.1, -0.05) is 50.8 Å². The van der Waals surface area contributed by atoms with Crippen molar-refractivity contribution < 1.29 is 9.53 Å². The Morgan fingerprint density at radius 3 is 2.21 bits per heavy atom. The molecule has 108 valence electrons. The van der Waals surface area contributed by atoms with Crippen molar-refractivity contribution in [3.63, 3.8) is 0 Å². The van der Waals surface area contributed by atoms with E-state index in [9.17, 15) is 4.79 Å². The van der Waals surface area contributed by atoms with Crippen LogP contribution in [0.2, 0.25) is 0 Å². The lowest BCUT2D eigenvalue weighted by atomic mass is 10.1. The highest BCUT2D eigenvalue weighted by molar-refractivity contribution is 8.22. The topological polar surface area (TPSA) is 26.3 Å². The van der Waals surface area contributed by atoms with Crippen molar-refractivity contribution in [3.05, 3.63) is 35.6 Å². The third kappa shape index (κ3) is 8.71. The molecule has 1 rings (SSSR count). The number of carbonyl (C=O) groups excluding carboxylic acids is 1. The number of hydrogen-bond donors (Lipinski definition) is 1. The molecule has 1 aliphatic rings. The first-order valence-electron chi connectivity index (χ1n) is 7.23. The lowest BCUT2D eigenvalue weighted by Crippen LogP contribution is -2.01. The SMILES string of the molecule is C=CC(=O)OCCCCCCCCC[SH]1C=CC=C1. The standard InChI is InChI=1S/C16H26O2S/c1-2-16(17)18-12-8-6-4-3-5-7-9-13-19-14-10-11-15-19/h2,10-11,14-15,19H,1,3-9,12-13H2. The monoisotopic (exact) mass is 282 g/mol. The summed E-state index contributed by atoms with van der Waals surface area (Å²) in [4.78, 5) is 10.8. The molecule has 0 aromatic heterocycles. The van der Waals surface area contributed by atoms with Gasteiger partial charge in [-0.25, -0.2) is 15.7 Å². The molecule has 1 heterocycles. The summed E-state index contributed by atoms with van der Waals surface area (Å²) in [5.74, 6) is 1.05. The molecule has 0 bridgehead atoms. The Labute approximate surface area is 120 Å². The third-order valence-corrected chi connectivity index (χ3v) is 5.08. The highest BCUT2D eigenvalue weighted by Crippen LogP contribution is 2.33. The molecular weight excluding hydrogens is 256 g/mol. The van der Waals surface area contributed by atoms with Gasteiger partial charge in [0.1, 0.15) is 0 Å². The number of carbonyl (C=O) groups is 1. The van der Waals surface area contributed by atoms with Crippen LogP contribution < -0.4 is 0 Å². The lowest BCUT2D eigenvalue weighted by molar-refractivity contribution is -0.137. The van der Waals surface area contributed by atoms with Gasteiger partial charge in [-0.15, -0.1) is 0 Å². The van der Waals surface area contributed by atoms with Crippen LogP contribution in [0, 0.1) is 0 Å². The van der Waals surface area contributed by atoms with E-state index in [1.807, 2.05) is 0 Å². The third-order valence-electron chi connectivity index (χ3n) is 3.14. The molecule has 19 heavy (non-hydrogen) atoms. The summed E-state index contributed by atoms with van der Waals surface area (Å²) >= 11 is 0. The Morgan fingerprint density at radius 2 is 1.58 bits per heavy atom. The number of thiol groups is 1. The minimum atomic E-state index is -0.308. The number of allylic oxidation sites excluding steroid dienone is 2. The smallest absolute Gasteiger partial charge is 0.330 e. The van der Waals surface area contributed by atoms with Gasteiger partial charge in [0.2, 0.25) is 0 Å². The van der Waals surface area contributed by atoms with E-state index in [0.717, 1.165) is 12.8 Å². The Morgan fingerprint density at radius 1 is 1.00 bits per heavy atom. The van der Waals surface area contributed by atoms with Crippen LogP contribution in [0.5, 0.6) is 0 Å². The zero-order valence-corrected chi connectivity index (χ0v) is 12.6. The second kappa shape index (κ2) is 10.9. The average molecular weight is 282 g/mol. The van der Waals surface area contributed by atoms with Crippen LogP contribution in [0.4, 0.5) is 0 Å². The first-order valence-corrected chi connectivity index (χ1v) is 8.89. The fourth-order valence-electron chi connectivity index (χ4n) is 2.03. The van der Waals surface area contributed by atoms with Gasteiger partial charge in [-0.3, -0.25) is 0 Å². The van der Waals surface area contributed by atoms with Crippen LogP contribution in [0.1, 0.15) is 44.9 Å². The van der Waals surface area contributed by atoms with E-state index in [4.69, 9.17) is 4.74 Å². The Balaban J connectivity index is 1.76. The molecule has 0 unspecified atom stereocenters. The zero-order valence-electron chi connectivity index (χ0n) is 11.7. The van der Waals surface area contributed by atoms with Crippen molar-refractivity contribution in [1.82, 2.24) is 0 Å². The number of esters is 1. The molecule has 0 spiro atoms. The van der Waals surface area contributed by atoms with E-state index in [1.54, 1.807) is 0 Å². The average Bonchev–Trinajstić information content (AvgIpc) is 2.93. The number of hydrogen-bond acceptors (Lipinski definition) is 2. The summed E-state index contributed by atoms with van der Waals surface area (Å²) in [6, 6.07) is 0. The van der Waals surface area contributed by atoms with Crippen LogP contribution >= 0.6 is 10.9 Å². The van der Waals surface area contributed by atoms with Crippen molar-refractivity contribution >= 4 is 16.9 Å². The lowest BCUT2D eigenvalue weighted by Gasteiger charge is -2.08. The van der Waals surface area contributed by atoms with Crippen molar-refractivity contribution in [2.45, 2.75) is 44.9 Å². The Kier molecular flexibility index (Phi) is 9.25. The molecule has 0 aromatic rings. The second-order valence-electron chi connectivity index (χ2n) is 4.77. The fraction of sp³-hybridized carbons (Fsp3) is 0.562. The molecule has 0 N–H and O–H groups in total. The molecule has 0 saturated carbocycles. The summed E-state index contributed by atoms with van der Waals surface area (Å²) in [6.07, 6.45) is 14.3. The molecule has 0 atom stereocenters. The number of unbranched alkanes of at least 4 members (excludes halogenated alkanes) is 6. The van der Waals surface area contributed by atoms with Gasteiger partial charge in [0, 0.05) is 6.08 Å². The van der Waals surface area contributed by atoms with Gasteiger partial charge in [0.15, 0.2) is 0 Å². The molecular formula is C16H26O2S. The number of ether oxygens (including phenoxy) is 1. The van der Waals surface area contributed by atoms with E-state index in [0.29, 0.717) is 6.61 Å². The summed E-state index contributed by atoms with van der Waals surface area (Å²) in [5, 5.41) is 4.69. The maximum Gasteiger partial charge on any atom is 0.330 e. The molecule has 0 amide bonds. The molecule has 1 aliphatic heterocycles. The molecule has 2 nitrogen and oxygen atoms in total. The largest absolute Gasteiger partial charge is 0.463 e. The van der Waals surface area contributed by atoms with Gasteiger partial charge in [0.05, 0.1) is 6.61 Å². The fourth-order valence-corrected chi connectivity index (χ4v) is 3.66. The molecule has 0 aromatic carbocycles. The maximum atomic E-state index is 10.8. The highest BCUT2D eigenvalue weighted by Gasteiger charge is 1.99. The molecule has 0 aliphatic carbocycles. The van der Waals surface area contributed by atoms with E-state index < -0.39 is 0 Å². The van der Waals surface area contributed by atoms with Crippen molar-refractivity contribution in [2.75, 3.05) is 12.4 Å². The first kappa shape index (κ1) is 16.1. The van der Waals surface area contributed by atoms with Gasteiger partial charge in [-0.2, -0.15) is 0 Å². The molecule has 0 fully saturated rings. The zero-order chi connectivity index (χ0) is 13.8. The van der Waals surface area contributed by atoms with Gasteiger partial charge < -0.3 is 4.74 Å². The predicted molar refractivity (Wildman–Crippen MR) is 85.6 cm³/mol. The summed E-state index contributed by atoms with van der Waals surface area (Å²) in [7, 11) is 0.0967. The normalized spacial score (nSPS) is 14.8. The van der Waals surface area contributed by atoms with Crippen LogP contribution in [-0.2, 0) is 9.53 Å². The quantitative estimate of drug-likeness (QED) is 0.261. The summed E-state index contributed by atoms with van der Waals surface area (Å²) in [6.45, 7) is 3.90. The second-order valence-corrected chi connectivity index (χ2v) is 6.84. The van der Waals surface area contributed by atoms with E-state index >= 15 is 0 Å². The van der Waals surface area contributed by atoms with E-state index in [-0.39, 0.29) is 16.9 Å². The van der Waals surface area contributed by atoms with Crippen molar-refractivity contribution in [2.24, 2.45) is 0 Å². The molecule has 3 heteroatoms. The summed E-state index contributed by atoms with van der Waals surface area (Å²) < 4.78 is 4.93. The van der Waals surface area contributed by atoms with Gasteiger partial charge in [0.25, 0.3) is 0 Å². The van der Waals surface area contributed by atoms with Crippen LogP contribution in [-0.4, -0.2) is 18.3 Å². The minimum Gasteiger partial charge on any atom is -0.463 e. The van der Waals surface area contributed by atoms with Gasteiger partial charge in [-0.05, 0) is 29.4 Å². The van der Waals surface area contributed by atoms with Crippen LogP contribution in [0.3, 0.4) is 0 Å². The van der Waals surface area contributed by atoms with Crippen molar-refractivity contribution in [1.29, 1.82) is 0 Å². The molecule has 0 saturated heterocycles.